The van der Waals surface area contributed by atoms with E-state index in [1.54, 1.807) is 26.4 Å². The van der Waals surface area contributed by atoms with Gasteiger partial charge >= 0.3 is 0 Å². The maximum absolute atomic E-state index is 6.11. The second-order valence-electron chi connectivity index (χ2n) is 5.21. The molecule has 1 aromatic heterocycles. The van der Waals surface area contributed by atoms with E-state index in [4.69, 9.17) is 21.1 Å². The summed E-state index contributed by atoms with van der Waals surface area (Å²) >= 11 is 6.11. The average molecular weight is 353 g/mol. The molecular formula is C15H21ClN6O2. The maximum Gasteiger partial charge on any atom is 0.244 e. The molecule has 0 atom stereocenters. The van der Waals surface area contributed by atoms with Gasteiger partial charge in [-0.15, -0.1) is 5.10 Å². The van der Waals surface area contributed by atoms with Crippen LogP contribution in [0.1, 0.15) is 0 Å². The van der Waals surface area contributed by atoms with Gasteiger partial charge < -0.3 is 25.0 Å². The van der Waals surface area contributed by atoms with Crippen LogP contribution in [0.15, 0.2) is 18.3 Å². The molecular weight excluding hydrogens is 332 g/mol. The zero-order chi connectivity index (χ0) is 17.5. The summed E-state index contributed by atoms with van der Waals surface area (Å²) in [7, 11) is 7.12. The number of ether oxygens (including phenoxy) is 2. The minimum atomic E-state index is 0.446. The molecule has 0 unspecified atom stereocenters. The van der Waals surface area contributed by atoms with Crippen molar-refractivity contribution in [3.05, 3.63) is 23.4 Å². The molecule has 0 aliphatic rings. The summed E-state index contributed by atoms with van der Waals surface area (Å²) < 4.78 is 10.6. The Labute approximate surface area is 146 Å². The molecule has 0 aliphatic heterocycles. The quantitative estimate of drug-likeness (QED) is 0.748. The third-order valence-corrected chi connectivity index (χ3v) is 3.43. The lowest BCUT2D eigenvalue weighted by Gasteiger charge is -2.14. The molecule has 0 spiro atoms. The normalized spacial score (nSPS) is 10.6. The second-order valence-corrected chi connectivity index (χ2v) is 5.61. The van der Waals surface area contributed by atoms with Gasteiger partial charge in [0.05, 0.1) is 31.1 Å². The van der Waals surface area contributed by atoms with Crippen LogP contribution in [0.5, 0.6) is 11.5 Å². The van der Waals surface area contributed by atoms with Crippen molar-refractivity contribution >= 4 is 29.1 Å². The number of halogens is 1. The summed E-state index contributed by atoms with van der Waals surface area (Å²) in [6.07, 6.45) is 1.53. The lowest BCUT2D eigenvalue weighted by Crippen LogP contribution is -2.21. The minimum Gasteiger partial charge on any atom is -0.495 e. The fourth-order valence-corrected chi connectivity index (χ4v) is 2.16. The standard InChI is InChI=1S/C15H21ClN6O2/c1-22(2)6-5-17-15-20-14(9-18-21-15)19-11-8-12(23-3)10(16)7-13(11)24-4/h7-9H,5-6H2,1-4H3,(H2,17,19,20,21). The first-order valence-corrected chi connectivity index (χ1v) is 7.68. The van der Waals surface area contributed by atoms with Gasteiger partial charge in [0, 0.05) is 25.2 Å². The predicted molar refractivity (Wildman–Crippen MR) is 94.7 cm³/mol. The monoisotopic (exact) mass is 352 g/mol. The van der Waals surface area contributed by atoms with Gasteiger partial charge in [0.25, 0.3) is 0 Å². The first-order chi connectivity index (χ1) is 11.5. The van der Waals surface area contributed by atoms with Crippen LogP contribution in [-0.4, -0.2) is 61.5 Å². The van der Waals surface area contributed by atoms with Gasteiger partial charge in [0.1, 0.15) is 11.5 Å². The van der Waals surface area contributed by atoms with Crippen molar-refractivity contribution in [2.75, 3.05) is 52.0 Å². The zero-order valence-corrected chi connectivity index (χ0v) is 14.9. The number of nitrogens with zero attached hydrogens (tertiary/aromatic N) is 4. The van der Waals surface area contributed by atoms with Crippen LogP contribution in [0.2, 0.25) is 5.02 Å². The maximum atomic E-state index is 6.11. The fraction of sp³-hybridized carbons (Fsp3) is 0.400. The Morgan fingerprint density at radius 1 is 1.17 bits per heavy atom. The van der Waals surface area contributed by atoms with Crippen LogP contribution in [0.3, 0.4) is 0 Å². The second kappa shape index (κ2) is 8.51. The molecule has 1 aromatic carbocycles. The summed E-state index contributed by atoms with van der Waals surface area (Å²) in [5.41, 5.74) is 0.665. The number of methoxy groups -OCH3 is 2. The number of nitrogens with one attached hydrogen (secondary N) is 2. The van der Waals surface area contributed by atoms with Crippen LogP contribution in [0, 0.1) is 0 Å². The number of likely N-dealkylation sites (N-methyl/N-ethyl adjacent to an activating group) is 1. The van der Waals surface area contributed by atoms with Crippen LogP contribution >= 0.6 is 11.6 Å². The van der Waals surface area contributed by atoms with Crippen LogP contribution in [-0.2, 0) is 0 Å². The fourth-order valence-electron chi connectivity index (χ4n) is 1.93. The van der Waals surface area contributed by atoms with E-state index in [9.17, 15) is 0 Å². The summed E-state index contributed by atoms with van der Waals surface area (Å²) in [4.78, 5) is 6.44. The SMILES string of the molecule is COc1cc(Nc2cnnc(NCCN(C)C)n2)c(OC)cc1Cl. The van der Waals surface area contributed by atoms with Gasteiger partial charge in [-0.3, -0.25) is 0 Å². The van der Waals surface area contributed by atoms with E-state index in [0.717, 1.165) is 13.1 Å². The Balaban J connectivity index is 2.16. The highest BCUT2D eigenvalue weighted by Crippen LogP contribution is 2.36. The van der Waals surface area contributed by atoms with Gasteiger partial charge in [-0.2, -0.15) is 10.1 Å². The van der Waals surface area contributed by atoms with E-state index in [0.29, 0.717) is 34.0 Å². The molecule has 2 N–H and O–H groups in total. The van der Waals surface area contributed by atoms with Crippen molar-refractivity contribution in [2.45, 2.75) is 0 Å². The van der Waals surface area contributed by atoms with E-state index >= 15 is 0 Å². The summed E-state index contributed by atoms with van der Waals surface area (Å²) in [5.74, 6) is 2.08. The first kappa shape index (κ1) is 18.0. The van der Waals surface area contributed by atoms with Gasteiger partial charge in [0.15, 0.2) is 5.82 Å². The van der Waals surface area contributed by atoms with Gasteiger partial charge in [0.2, 0.25) is 5.95 Å². The number of anilines is 3. The molecule has 9 heteroatoms. The Morgan fingerprint density at radius 2 is 1.92 bits per heavy atom. The number of hydrogen-bond donors (Lipinski definition) is 2. The molecule has 0 bridgehead atoms. The lowest BCUT2D eigenvalue weighted by atomic mass is 10.2. The van der Waals surface area contributed by atoms with Crippen molar-refractivity contribution in [3.8, 4) is 11.5 Å². The molecule has 0 saturated carbocycles. The highest BCUT2D eigenvalue weighted by Gasteiger charge is 2.11. The van der Waals surface area contributed by atoms with E-state index < -0.39 is 0 Å². The van der Waals surface area contributed by atoms with E-state index in [1.165, 1.54) is 6.20 Å². The third-order valence-electron chi connectivity index (χ3n) is 3.14. The molecule has 2 aromatic rings. The molecule has 8 nitrogen and oxygen atoms in total. The molecule has 130 valence electrons. The number of benzene rings is 1. The zero-order valence-electron chi connectivity index (χ0n) is 14.1. The van der Waals surface area contributed by atoms with Crippen molar-refractivity contribution in [3.63, 3.8) is 0 Å². The van der Waals surface area contributed by atoms with Crippen LogP contribution in [0.4, 0.5) is 17.5 Å². The number of hydrogen-bond acceptors (Lipinski definition) is 8. The average Bonchev–Trinajstić information content (AvgIpc) is 2.56. The smallest absolute Gasteiger partial charge is 0.244 e. The molecule has 0 saturated heterocycles. The number of rotatable bonds is 8. The van der Waals surface area contributed by atoms with Crippen LogP contribution in [0.25, 0.3) is 0 Å². The van der Waals surface area contributed by atoms with Crippen LogP contribution < -0.4 is 20.1 Å². The molecule has 0 radical (unpaired) electrons. The van der Waals surface area contributed by atoms with Gasteiger partial charge in [-0.05, 0) is 14.1 Å². The van der Waals surface area contributed by atoms with Gasteiger partial charge in [-0.1, -0.05) is 11.6 Å². The largest absolute Gasteiger partial charge is 0.495 e. The predicted octanol–water partition coefficient (Wildman–Crippen LogP) is 2.26. The molecule has 0 aliphatic carbocycles. The summed E-state index contributed by atoms with van der Waals surface area (Å²) in [6.45, 7) is 1.58. The topological polar surface area (TPSA) is 84.4 Å². The molecule has 2 rings (SSSR count). The van der Waals surface area contributed by atoms with E-state index in [1.807, 2.05) is 14.1 Å². The van der Waals surface area contributed by atoms with Crippen molar-refractivity contribution in [1.29, 1.82) is 0 Å². The van der Waals surface area contributed by atoms with Gasteiger partial charge in [-0.25, -0.2) is 0 Å². The molecule has 24 heavy (non-hydrogen) atoms. The Kier molecular flexibility index (Phi) is 6.39. The highest BCUT2D eigenvalue weighted by atomic mass is 35.5. The van der Waals surface area contributed by atoms with Crippen molar-refractivity contribution in [1.82, 2.24) is 20.1 Å². The summed E-state index contributed by atoms with van der Waals surface area (Å²) in [5, 5.41) is 14.6. The Morgan fingerprint density at radius 3 is 2.58 bits per heavy atom. The molecule has 0 fully saturated rings. The van der Waals surface area contributed by atoms with Crippen molar-refractivity contribution < 1.29 is 9.47 Å². The Hall–Kier alpha value is -2.32. The summed E-state index contributed by atoms with van der Waals surface area (Å²) in [6, 6.07) is 3.41. The highest BCUT2D eigenvalue weighted by molar-refractivity contribution is 6.32. The van der Waals surface area contributed by atoms with E-state index in [-0.39, 0.29) is 0 Å². The molecule has 1 heterocycles. The first-order valence-electron chi connectivity index (χ1n) is 7.30. The molecule has 0 amide bonds. The van der Waals surface area contributed by atoms with Crippen molar-refractivity contribution in [2.24, 2.45) is 0 Å². The minimum absolute atomic E-state index is 0.446. The third kappa shape index (κ3) is 4.84. The Bertz CT molecular complexity index is 683. The number of aromatic nitrogens is 3. The lowest BCUT2D eigenvalue weighted by molar-refractivity contribution is 0.405. The van der Waals surface area contributed by atoms with E-state index in [2.05, 4.69) is 30.7 Å².